The van der Waals surface area contributed by atoms with Crippen LogP contribution < -0.4 is 4.90 Å². The van der Waals surface area contributed by atoms with Crippen molar-refractivity contribution in [3.8, 4) is 0 Å². The Labute approximate surface area is 103 Å². The maximum absolute atomic E-state index is 12.2. The third-order valence-corrected chi connectivity index (χ3v) is 3.87. The van der Waals surface area contributed by atoms with Crippen LogP contribution in [-0.2, 0) is 17.6 Å². The minimum absolute atomic E-state index is 0.325. The summed E-state index contributed by atoms with van der Waals surface area (Å²) in [5, 5.41) is 0. The highest BCUT2D eigenvalue weighted by molar-refractivity contribution is 5.97. The third-order valence-electron chi connectivity index (χ3n) is 3.87. The van der Waals surface area contributed by atoms with Crippen LogP contribution in [0.15, 0.2) is 18.2 Å². The summed E-state index contributed by atoms with van der Waals surface area (Å²) in [6.07, 6.45) is 5.46. The first-order valence-electron chi connectivity index (χ1n) is 6.72. The number of carbonyl (C=O) groups is 1. The molecule has 2 nitrogen and oxygen atoms in total. The standard InChI is InChI=1S/C15H19NO/c1-2-11-5-6-12-4-3-9-16(14(12)10-11)15(17)13-7-8-13/h5-6,10,13H,2-4,7-9H2,1H3. The number of carbonyl (C=O) groups excluding carboxylic acids is 1. The van der Waals surface area contributed by atoms with Gasteiger partial charge in [-0.2, -0.15) is 0 Å². The second-order valence-corrected chi connectivity index (χ2v) is 5.18. The minimum Gasteiger partial charge on any atom is -0.312 e. The van der Waals surface area contributed by atoms with Gasteiger partial charge in [-0.15, -0.1) is 0 Å². The van der Waals surface area contributed by atoms with Gasteiger partial charge in [-0.3, -0.25) is 4.79 Å². The lowest BCUT2D eigenvalue weighted by Crippen LogP contribution is -2.36. The van der Waals surface area contributed by atoms with E-state index in [1.54, 1.807) is 0 Å². The normalized spacial score (nSPS) is 19.0. The van der Waals surface area contributed by atoms with Crippen LogP contribution in [0.4, 0.5) is 5.69 Å². The zero-order chi connectivity index (χ0) is 11.8. The van der Waals surface area contributed by atoms with Crippen LogP contribution in [0, 0.1) is 5.92 Å². The lowest BCUT2D eigenvalue weighted by molar-refractivity contribution is -0.119. The van der Waals surface area contributed by atoms with E-state index in [2.05, 4.69) is 25.1 Å². The zero-order valence-electron chi connectivity index (χ0n) is 10.4. The molecule has 1 aromatic rings. The molecular formula is C15H19NO. The Hall–Kier alpha value is -1.31. The van der Waals surface area contributed by atoms with Gasteiger partial charge in [-0.05, 0) is 49.3 Å². The van der Waals surface area contributed by atoms with Gasteiger partial charge < -0.3 is 4.90 Å². The molecule has 2 heteroatoms. The summed E-state index contributed by atoms with van der Waals surface area (Å²) in [7, 11) is 0. The van der Waals surface area contributed by atoms with Gasteiger partial charge in [0, 0.05) is 18.2 Å². The summed E-state index contributed by atoms with van der Waals surface area (Å²) in [6.45, 7) is 3.08. The highest BCUT2D eigenvalue weighted by Gasteiger charge is 2.35. The van der Waals surface area contributed by atoms with Gasteiger partial charge in [0.05, 0.1) is 0 Å². The van der Waals surface area contributed by atoms with E-state index in [0.29, 0.717) is 11.8 Å². The Morgan fingerprint density at radius 3 is 2.94 bits per heavy atom. The molecule has 2 aliphatic rings. The second kappa shape index (κ2) is 4.17. The van der Waals surface area contributed by atoms with Gasteiger partial charge in [0.25, 0.3) is 0 Å². The molecule has 1 aromatic carbocycles. The Morgan fingerprint density at radius 2 is 2.24 bits per heavy atom. The SMILES string of the molecule is CCc1ccc2c(c1)N(C(=O)C1CC1)CCC2. The maximum atomic E-state index is 12.2. The predicted octanol–water partition coefficient (Wildman–Crippen LogP) is 2.94. The third kappa shape index (κ3) is 1.97. The number of hydrogen-bond donors (Lipinski definition) is 0. The number of hydrogen-bond acceptors (Lipinski definition) is 1. The Bertz CT molecular complexity index is 448. The average molecular weight is 229 g/mol. The fourth-order valence-electron chi connectivity index (χ4n) is 2.62. The van der Waals surface area contributed by atoms with Crippen molar-refractivity contribution in [1.82, 2.24) is 0 Å². The first-order valence-corrected chi connectivity index (χ1v) is 6.72. The molecule has 0 N–H and O–H groups in total. The van der Waals surface area contributed by atoms with E-state index in [9.17, 15) is 4.79 Å². The molecule has 17 heavy (non-hydrogen) atoms. The van der Waals surface area contributed by atoms with Gasteiger partial charge in [-0.25, -0.2) is 0 Å². The molecule has 0 bridgehead atoms. The van der Waals surface area contributed by atoms with Crippen molar-refractivity contribution in [2.24, 2.45) is 5.92 Å². The number of rotatable bonds is 2. The van der Waals surface area contributed by atoms with Crippen molar-refractivity contribution in [3.05, 3.63) is 29.3 Å². The van der Waals surface area contributed by atoms with Crippen LogP contribution in [0.5, 0.6) is 0 Å². The van der Waals surface area contributed by atoms with E-state index >= 15 is 0 Å². The smallest absolute Gasteiger partial charge is 0.230 e. The van der Waals surface area contributed by atoms with E-state index in [4.69, 9.17) is 0 Å². The Morgan fingerprint density at radius 1 is 1.41 bits per heavy atom. The molecule has 0 unspecified atom stereocenters. The molecule has 1 aliphatic carbocycles. The maximum Gasteiger partial charge on any atom is 0.230 e. The number of fused-ring (bicyclic) bond motifs is 1. The van der Waals surface area contributed by atoms with Crippen LogP contribution in [0.1, 0.15) is 37.3 Å². The number of aryl methyl sites for hydroxylation is 2. The summed E-state index contributed by atoms with van der Waals surface area (Å²) in [4.78, 5) is 14.3. The fraction of sp³-hybridized carbons (Fsp3) is 0.533. The van der Waals surface area contributed by atoms with Gasteiger partial charge in [0.15, 0.2) is 0 Å². The molecule has 0 saturated heterocycles. The van der Waals surface area contributed by atoms with Crippen molar-refractivity contribution >= 4 is 11.6 Å². The van der Waals surface area contributed by atoms with Crippen molar-refractivity contribution in [2.45, 2.75) is 39.0 Å². The summed E-state index contributed by atoms with van der Waals surface area (Å²) < 4.78 is 0. The van der Waals surface area contributed by atoms with Gasteiger partial charge >= 0.3 is 0 Å². The molecule has 1 amide bonds. The topological polar surface area (TPSA) is 20.3 Å². The van der Waals surface area contributed by atoms with Crippen molar-refractivity contribution in [1.29, 1.82) is 0 Å². The van der Waals surface area contributed by atoms with E-state index < -0.39 is 0 Å². The lowest BCUT2D eigenvalue weighted by atomic mass is 9.98. The summed E-state index contributed by atoms with van der Waals surface area (Å²) in [5.41, 5.74) is 3.87. The van der Waals surface area contributed by atoms with Crippen LogP contribution in [0.3, 0.4) is 0 Å². The molecule has 0 atom stereocenters. The largest absolute Gasteiger partial charge is 0.312 e. The van der Waals surface area contributed by atoms with Crippen LogP contribution in [0.25, 0.3) is 0 Å². The minimum atomic E-state index is 0.325. The quantitative estimate of drug-likeness (QED) is 0.763. The van der Waals surface area contributed by atoms with E-state index in [0.717, 1.165) is 38.6 Å². The molecule has 0 spiro atoms. The van der Waals surface area contributed by atoms with Gasteiger partial charge in [0.2, 0.25) is 5.91 Å². The summed E-state index contributed by atoms with van der Waals surface area (Å²) >= 11 is 0. The van der Waals surface area contributed by atoms with Crippen molar-refractivity contribution in [3.63, 3.8) is 0 Å². The highest BCUT2D eigenvalue weighted by Crippen LogP contribution is 2.36. The van der Waals surface area contributed by atoms with Crippen molar-refractivity contribution in [2.75, 3.05) is 11.4 Å². The molecular weight excluding hydrogens is 210 g/mol. The average Bonchev–Trinajstić information content (AvgIpc) is 3.21. The Balaban J connectivity index is 1.96. The predicted molar refractivity (Wildman–Crippen MR) is 69.2 cm³/mol. The van der Waals surface area contributed by atoms with Gasteiger partial charge in [0.1, 0.15) is 0 Å². The highest BCUT2D eigenvalue weighted by atomic mass is 16.2. The molecule has 3 rings (SSSR count). The number of anilines is 1. The first-order chi connectivity index (χ1) is 8.29. The van der Waals surface area contributed by atoms with Crippen molar-refractivity contribution < 1.29 is 4.79 Å². The zero-order valence-corrected chi connectivity index (χ0v) is 10.4. The van der Waals surface area contributed by atoms with E-state index in [1.807, 2.05) is 4.90 Å². The molecule has 0 aromatic heterocycles. The molecule has 0 radical (unpaired) electrons. The molecule has 1 fully saturated rings. The fourth-order valence-corrected chi connectivity index (χ4v) is 2.62. The number of benzene rings is 1. The second-order valence-electron chi connectivity index (χ2n) is 5.18. The summed E-state index contributed by atoms with van der Waals surface area (Å²) in [5.74, 6) is 0.686. The van der Waals surface area contributed by atoms with E-state index in [-0.39, 0.29) is 0 Å². The van der Waals surface area contributed by atoms with Crippen LogP contribution >= 0.6 is 0 Å². The van der Waals surface area contributed by atoms with Crippen LogP contribution in [-0.4, -0.2) is 12.5 Å². The first kappa shape index (κ1) is 10.8. The Kier molecular flexibility index (Phi) is 2.65. The van der Waals surface area contributed by atoms with Gasteiger partial charge in [-0.1, -0.05) is 19.1 Å². The lowest BCUT2D eigenvalue weighted by Gasteiger charge is -2.30. The van der Waals surface area contributed by atoms with E-state index in [1.165, 1.54) is 16.8 Å². The summed E-state index contributed by atoms with van der Waals surface area (Å²) in [6, 6.07) is 6.62. The van der Waals surface area contributed by atoms with Crippen LogP contribution in [0.2, 0.25) is 0 Å². The molecule has 1 aliphatic heterocycles. The number of nitrogens with zero attached hydrogens (tertiary/aromatic N) is 1. The monoisotopic (exact) mass is 229 g/mol. The molecule has 1 heterocycles. The molecule has 90 valence electrons. The molecule has 1 saturated carbocycles. The number of amides is 1.